The molecule has 0 radical (unpaired) electrons. The minimum atomic E-state index is -0.606. The van der Waals surface area contributed by atoms with Crippen LogP contribution in [0.4, 0.5) is 0 Å². The van der Waals surface area contributed by atoms with Crippen LogP contribution in [0.5, 0.6) is 0 Å². The lowest BCUT2D eigenvalue weighted by atomic mass is 9.92. The molecule has 2 heterocycles. The van der Waals surface area contributed by atoms with Crippen molar-refractivity contribution in [3.63, 3.8) is 0 Å². The van der Waals surface area contributed by atoms with Gasteiger partial charge in [-0.15, -0.1) is 0 Å². The van der Waals surface area contributed by atoms with Crippen molar-refractivity contribution in [3.05, 3.63) is 83.8 Å². The maximum absolute atomic E-state index is 13.0. The summed E-state index contributed by atoms with van der Waals surface area (Å²) in [6.45, 7) is 2.45. The van der Waals surface area contributed by atoms with Crippen molar-refractivity contribution in [1.82, 2.24) is 9.88 Å². The van der Waals surface area contributed by atoms with Crippen molar-refractivity contribution < 1.29 is 24.2 Å². The quantitative estimate of drug-likeness (QED) is 0.467. The van der Waals surface area contributed by atoms with Crippen molar-refractivity contribution in [1.29, 1.82) is 0 Å². The van der Waals surface area contributed by atoms with Gasteiger partial charge >= 0.3 is 0 Å². The highest BCUT2D eigenvalue weighted by atomic mass is 16.7. The molecule has 0 fully saturated rings. The lowest BCUT2D eigenvalue weighted by Gasteiger charge is -2.29. The van der Waals surface area contributed by atoms with Crippen LogP contribution in [0.3, 0.4) is 0 Å². The fourth-order valence-corrected chi connectivity index (χ4v) is 4.19. The van der Waals surface area contributed by atoms with E-state index in [1.165, 1.54) is 6.92 Å². The molecular formula is C27H30N2O5. The molecule has 1 aromatic heterocycles. The summed E-state index contributed by atoms with van der Waals surface area (Å²) in [5, 5.41) is 12.9. The average Bonchev–Trinajstić information content (AvgIpc) is 3.26. The summed E-state index contributed by atoms with van der Waals surface area (Å²) in [4.78, 5) is 25.2. The Morgan fingerprint density at radius 2 is 1.88 bits per heavy atom. The zero-order chi connectivity index (χ0) is 23.9. The number of benzene rings is 2. The first-order valence-corrected chi connectivity index (χ1v) is 11.6. The summed E-state index contributed by atoms with van der Waals surface area (Å²) in [6, 6.07) is 17.4. The monoisotopic (exact) mass is 462 g/mol. The zero-order valence-corrected chi connectivity index (χ0v) is 19.3. The summed E-state index contributed by atoms with van der Waals surface area (Å²) in [5.74, 6) is -0.345. The first-order chi connectivity index (χ1) is 16.6. The van der Waals surface area contributed by atoms with Crippen molar-refractivity contribution in [2.45, 2.75) is 44.9 Å². The van der Waals surface area contributed by atoms with E-state index in [1.807, 2.05) is 66.9 Å². The lowest BCUT2D eigenvalue weighted by molar-refractivity contribution is -0.146. The normalized spacial score (nSPS) is 17.8. The number of nitrogens with one attached hydrogen (secondary N) is 1. The zero-order valence-electron chi connectivity index (χ0n) is 19.3. The van der Waals surface area contributed by atoms with E-state index in [0.717, 1.165) is 22.0 Å². The van der Waals surface area contributed by atoms with E-state index in [1.54, 1.807) is 4.57 Å². The van der Waals surface area contributed by atoms with Gasteiger partial charge in [-0.3, -0.25) is 14.2 Å². The Balaban J connectivity index is 1.60. The van der Waals surface area contributed by atoms with Crippen LogP contribution in [0.1, 0.15) is 48.0 Å². The van der Waals surface area contributed by atoms with Crippen LogP contribution >= 0.6 is 0 Å². The molecule has 2 atom stereocenters. The summed E-state index contributed by atoms with van der Waals surface area (Å²) in [5.41, 5.74) is 2.77. The van der Waals surface area contributed by atoms with Crippen LogP contribution in [0.25, 0.3) is 10.9 Å². The van der Waals surface area contributed by atoms with E-state index in [-0.39, 0.29) is 30.1 Å². The largest absolute Gasteiger partial charge is 0.459 e. The molecule has 1 aliphatic heterocycles. The number of amides is 1. The van der Waals surface area contributed by atoms with E-state index in [0.29, 0.717) is 32.4 Å². The number of carbonyl (C=O) groups excluding carboxylic acids is 2. The van der Waals surface area contributed by atoms with Gasteiger partial charge in [-0.2, -0.15) is 0 Å². The van der Waals surface area contributed by atoms with Gasteiger partial charge in [-0.1, -0.05) is 48.5 Å². The van der Waals surface area contributed by atoms with Gasteiger partial charge in [0.15, 0.2) is 5.76 Å². The molecule has 0 saturated carbocycles. The van der Waals surface area contributed by atoms with Gasteiger partial charge in [0.25, 0.3) is 5.91 Å². The standard InChI is InChI=1S/C27H30N2O5/c1-19(31)29-18-23(22-11-5-6-12-24(22)29)21-15-25(34-26(16-21)33-14-8-7-13-30)27(32)28-17-20-9-3-2-4-10-20/h2-6,9-12,15,18,21,26,30H,7-8,13-14,16-17H2,1H3,(H,28,32)/t21-,26+/m0/s1. The number of ether oxygens (including phenoxy) is 2. The second kappa shape index (κ2) is 11.1. The number of allylic oxidation sites excluding steroid dienone is 1. The third-order valence-corrected chi connectivity index (χ3v) is 5.91. The molecule has 1 amide bonds. The fourth-order valence-electron chi connectivity index (χ4n) is 4.19. The van der Waals surface area contributed by atoms with E-state index >= 15 is 0 Å². The number of fused-ring (bicyclic) bond motifs is 1. The average molecular weight is 463 g/mol. The predicted octanol–water partition coefficient (Wildman–Crippen LogP) is 4.12. The number of hydrogen-bond acceptors (Lipinski definition) is 5. The van der Waals surface area contributed by atoms with Crippen LogP contribution < -0.4 is 5.32 Å². The molecule has 0 aliphatic carbocycles. The van der Waals surface area contributed by atoms with Gasteiger partial charge in [-0.25, -0.2) is 0 Å². The van der Waals surface area contributed by atoms with Crippen LogP contribution in [-0.4, -0.2) is 41.0 Å². The minimum Gasteiger partial charge on any atom is -0.459 e. The molecule has 0 bridgehead atoms. The van der Waals surface area contributed by atoms with Gasteiger partial charge < -0.3 is 19.9 Å². The summed E-state index contributed by atoms with van der Waals surface area (Å²) in [7, 11) is 0. The molecule has 4 rings (SSSR count). The fraction of sp³-hybridized carbons (Fsp3) is 0.333. The van der Waals surface area contributed by atoms with E-state index in [4.69, 9.17) is 14.6 Å². The third kappa shape index (κ3) is 5.55. The number of aromatic nitrogens is 1. The summed E-state index contributed by atoms with van der Waals surface area (Å²) < 4.78 is 13.5. The number of hydrogen-bond donors (Lipinski definition) is 2. The van der Waals surface area contributed by atoms with Crippen molar-refractivity contribution in [2.75, 3.05) is 13.2 Å². The second-order valence-electron chi connectivity index (χ2n) is 8.38. The third-order valence-electron chi connectivity index (χ3n) is 5.91. The molecule has 34 heavy (non-hydrogen) atoms. The molecule has 0 spiro atoms. The molecule has 178 valence electrons. The van der Waals surface area contributed by atoms with Gasteiger partial charge in [0.05, 0.1) is 12.1 Å². The molecule has 7 nitrogen and oxygen atoms in total. The maximum Gasteiger partial charge on any atom is 0.286 e. The Morgan fingerprint density at radius 3 is 2.65 bits per heavy atom. The Bertz CT molecular complexity index is 1170. The first-order valence-electron chi connectivity index (χ1n) is 11.6. The van der Waals surface area contributed by atoms with Crippen LogP contribution in [0, 0.1) is 0 Å². The Morgan fingerprint density at radius 1 is 1.12 bits per heavy atom. The van der Waals surface area contributed by atoms with Gasteiger partial charge in [0.2, 0.25) is 12.2 Å². The van der Waals surface area contributed by atoms with Gasteiger partial charge in [0, 0.05) is 44.0 Å². The van der Waals surface area contributed by atoms with Crippen molar-refractivity contribution >= 4 is 22.7 Å². The number of nitrogens with zero attached hydrogens (tertiary/aromatic N) is 1. The van der Waals surface area contributed by atoms with Gasteiger partial charge in [-0.05, 0) is 36.1 Å². The molecule has 2 N–H and O–H groups in total. The summed E-state index contributed by atoms with van der Waals surface area (Å²) >= 11 is 0. The Labute approximate surface area is 199 Å². The number of aliphatic hydroxyl groups excluding tert-OH is 1. The number of carbonyl (C=O) groups is 2. The van der Waals surface area contributed by atoms with Crippen LogP contribution in [0.2, 0.25) is 0 Å². The first kappa shape index (κ1) is 23.7. The smallest absolute Gasteiger partial charge is 0.286 e. The van der Waals surface area contributed by atoms with Crippen molar-refractivity contribution in [2.24, 2.45) is 0 Å². The summed E-state index contributed by atoms with van der Waals surface area (Å²) in [6.07, 6.45) is 4.92. The molecule has 0 unspecified atom stereocenters. The molecule has 3 aromatic rings. The molecular weight excluding hydrogens is 432 g/mol. The number of para-hydroxylation sites is 1. The highest BCUT2D eigenvalue weighted by Gasteiger charge is 2.30. The molecule has 2 aromatic carbocycles. The molecule has 0 saturated heterocycles. The number of rotatable bonds is 9. The van der Waals surface area contributed by atoms with Crippen LogP contribution in [0.15, 0.2) is 72.6 Å². The van der Waals surface area contributed by atoms with Crippen molar-refractivity contribution in [3.8, 4) is 0 Å². The highest BCUT2D eigenvalue weighted by Crippen LogP contribution is 2.36. The Hall–Kier alpha value is -3.42. The van der Waals surface area contributed by atoms with Crippen LogP contribution in [-0.2, 0) is 20.8 Å². The Kier molecular flexibility index (Phi) is 7.77. The van der Waals surface area contributed by atoms with E-state index in [2.05, 4.69) is 5.32 Å². The number of aliphatic hydroxyl groups is 1. The van der Waals surface area contributed by atoms with Gasteiger partial charge in [0.1, 0.15) is 0 Å². The lowest BCUT2D eigenvalue weighted by Crippen LogP contribution is -2.32. The topological polar surface area (TPSA) is 89.8 Å². The van der Waals surface area contributed by atoms with E-state index < -0.39 is 6.29 Å². The highest BCUT2D eigenvalue weighted by molar-refractivity contribution is 5.95. The number of unbranched alkanes of at least 4 members (excludes halogenated alkanes) is 1. The molecule has 1 aliphatic rings. The SMILES string of the molecule is CC(=O)n1cc([C@H]2C=C(C(=O)NCc3ccccc3)O[C@@H](OCCCCO)C2)c2ccccc21. The molecule has 7 heteroatoms. The predicted molar refractivity (Wildman–Crippen MR) is 129 cm³/mol. The maximum atomic E-state index is 13.0. The van der Waals surface area contributed by atoms with E-state index in [9.17, 15) is 9.59 Å². The second-order valence-corrected chi connectivity index (χ2v) is 8.38. The minimum absolute atomic E-state index is 0.0730.